The van der Waals surface area contributed by atoms with Crippen LogP contribution in [0, 0.1) is 5.92 Å². The molecule has 0 bridgehead atoms. The minimum atomic E-state index is -0.843. The summed E-state index contributed by atoms with van der Waals surface area (Å²) in [5.41, 5.74) is -0.531. The predicted molar refractivity (Wildman–Crippen MR) is 97.2 cm³/mol. The first-order valence-electron chi connectivity index (χ1n) is 7.53. The number of pyridine rings is 1. The molecular weight excluding hydrogens is 391 g/mol. The molecule has 0 aromatic carbocycles. The van der Waals surface area contributed by atoms with Gasteiger partial charge >= 0.3 is 5.97 Å². The maximum Gasteiger partial charge on any atom is 0.343 e. The Balaban J connectivity index is 3.26. The van der Waals surface area contributed by atoms with E-state index in [1.165, 1.54) is 12.3 Å². The molecule has 6 nitrogen and oxygen atoms in total. The van der Waals surface area contributed by atoms with Crippen LogP contribution in [0.2, 0.25) is 15.2 Å². The maximum absolute atomic E-state index is 12.7. The van der Waals surface area contributed by atoms with Gasteiger partial charge in [-0.3, -0.25) is 4.79 Å². The van der Waals surface area contributed by atoms with Crippen LogP contribution in [0.25, 0.3) is 0 Å². The van der Waals surface area contributed by atoms with Crippen LogP contribution in [0.4, 0.5) is 0 Å². The number of aromatic nitrogens is 1. The lowest BCUT2D eigenvalue weighted by atomic mass is 10.0. The van der Waals surface area contributed by atoms with Crippen molar-refractivity contribution in [2.75, 3.05) is 13.2 Å². The number of hydrogen-bond donors (Lipinski definition) is 2. The summed E-state index contributed by atoms with van der Waals surface area (Å²) >= 11 is 17.6. The lowest BCUT2D eigenvalue weighted by molar-refractivity contribution is -0.138. The average molecular weight is 410 g/mol. The van der Waals surface area contributed by atoms with E-state index in [2.05, 4.69) is 10.3 Å². The number of nitrogens with one attached hydrogen (secondary N) is 1. The quantitative estimate of drug-likeness (QED) is 0.171. The van der Waals surface area contributed by atoms with Crippen LogP contribution in [0.3, 0.4) is 0 Å². The van der Waals surface area contributed by atoms with E-state index in [1.807, 2.05) is 13.8 Å². The van der Waals surface area contributed by atoms with Crippen LogP contribution in [-0.2, 0) is 9.53 Å². The number of aliphatic hydroxyl groups excluding tert-OH is 1. The Kier molecular flexibility index (Phi) is 8.65. The molecule has 0 fully saturated rings. The first-order valence-corrected chi connectivity index (χ1v) is 8.66. The summed E-state index contributed by atoms with van der Waals surface area (Å²) in [6.07, 6.45) is 1.20. The Morgan fingerprint density at radius 2 is 1.96 bits per heavy atom. The Morgan fingerprint density at radius 3 is 2.48 bits per heavy atom. The molecule has 1 aromatic heterocycles. The Labute approximate surface area is 161 Å². The zero-order chi connectivity index (χ0) is 19.1. The minimum Gasteiger partial charge on any atom is -0.462 e. The normalized spacial score (nSPS) is 12.9. The molecule has 25 heavy (non-hydrogen) atoms. The summed E-state index contributed by atoms with van der Waals surface area (Å²) in [6, 6.07) is 0.918. The maximum atomic E-state index is 12.7. The molecule has 138 valence electrons. The van der Waals surface area contributed by atoms with Crippen molar-refractivity contribution >= 4 is 46.6 Å². The zero-order valence-electron chi connectivity index (χ0n) is 14.0. The highest BCUT2D eigenvalue weighted by Crippen LogP contribution is 2.27. The van der Waals surface area contributed by atoms with Gasteiger partial charge in [-0.2, -0.15) is 0 Å². The summed E-state index contributed by atoms with van der Waals surface area (Å²) in [4.78, 5) is 28.7. The van der Waals surface area contributed by atoms with E-state index in [1.54, 1.807) is 6.92 Å². The van der Waals surface area contributed by atoms with Gasteiger partial charge in [0.15, 0.2) is 0 Å². The number of ketones is 1. The van der Waals surface area contributed by atoms with E-state index in [9.17, 15) is 14.7 Å². The van der Waals surface area contributed by atoms with Crippen molar-refractivity contribution < 1.29 is 19.4 Å². The second-order valence-electron chi connectivity index (χ2n) is 5.40. The first kappa shape index (κ1) is 21.7. The third-order valence-electron chi connectivity index (χ3n) is 3.28. The summed E-state index contributed by atoms with van der Waals surface area (Å²) in [6.45, 7) is 5.28. The highest BCUT2D eigenvalue weighted by molar-refractivity contribution is 6.43. The average Bonchev–Trinajstić information content (AvgIpc) is 2.54. The van der Waals surface area contributed by atoms with Crippen molar-refractivity contribution in [3.63, 3.8) is 0 Å². The van der Waals surface area contributed by atoms with Gasteiger partial charge < -0.3 is 15.2 Å². The SMILES string of the molecule is CCOC(=O)/C(=C\N[C@H](CO)C(C)C)C(=O)c1nc(Cl)c(Cl)cc1Cl. The van der Waals surface area contributed by atoms with Crippen LogP contribution in [0.5, 0.6) is 0 Å². The monoisotopic (exact) mass is 408 g/mol. The second-order valence-corrected chi connectivity index (χ2v) is 6.57. The molecule has 2 N–H and O–H groups in total. The Morgan fingerprint density at radius 1 is 1.32 bits per heavy atom. The Bertz CT molecular complexity index is 678. The topological polar surface area (TPSA) is 88.5 Å². The van der Waals surface area contributed by atoms with Gasteiger partial charge in [0.1, 0.15) is 16.4 Å². The number of aliphatic hydroxyl groups is 1. The van der Waals surface area contributed by atoms with Crippen LogP contribution in [0.1, 0.15) is 31.3 Å². The van der Waals surface area contributed by atoms with E-state index >= 15 is 0 Å². The highest BCUT2D eigenvalue weighted by Gasteiger charge is 2.26. The molecule has 0 unspecified atom stereocenters. The molecular formula is C16H19Cl3N2O4. The van der Waals surface area contributed by atoms with Gasteiger partial charge in [-0.1, -0.05) is 48.7 Å². The number of ether oxygens (including phenoxy) is 1. The van der Waals surface area contributed by atoms with Gasteiger partial charge in [0, 0.05) is 6.20 Å². The van der Waals surface area contributed by atoms with Gasteiger partial charge in [0.05, 0.1) is 29.3 Å². The summed E-state index contributed by atoms with van der Waals surface area (Å²) in [7, 11) is 0. The van der Waals surface area contributed by atoms with E-state index in [4.69, 9.17) is 39.5 Å². The molecule has 1 rings (SSSR count). The Hall–Kier alpha value is -1.34. The third kappa shape index (κ3) is 5.85. The lowest BCUT2D eigenvalue weighted by Gasteiger charge is -2.19. The molecule has 0 aliphatic heterocycles. The molecule has 1 aromatic rings. The number of carbonyl (C=O) groups excluding carboxylic acids is 2. The standard InChI is InChI=1S/C16H19Cl3N2O4/c1-4-25-16(24)9(6-20-12(7-22)8(2)3)14(23)13-10(17)5-11(18)15(19)21-13/h5-6,8,12,20,22H,4,7H2,1-3H3/b9-6-/t12-/m1/s1. The molecule has 0 saturated heterocycles. The van der Waals surface area contributed by atoms with E-state index in [0.717, 1.165) is 0 Å². The van der Waals surface area contributed by atoms with Gasteiger partial charge in [-0.25, -0.2) is 9.78 Å². The van der Waals surface area contributed by atoms with Gasteiger partial charge in [-0.15, -0.1) is 0 Å². The fraction of sp³-hybridized carbons (Fsp3) is 0.438. The van der Waals surface area contributed by atoms with Crippen molar-refractivity contribution in [1.82, 2.24) is 10.3 Å². The third-order valence-corrected chi connectivity index (χ3v) is 4.25. The molecule has 0 spiro atoms. The number of Topliss-reactive ketones (excluding diaryl/α,β-unsaturated/α-hetero) is 1. The minimum absolute atomic E-state index is 0.0443. The number of carbonyl (C=O) groups is 2. The molecule has 0 radical (unpaired) electrons. The smallest absolute Gasteiger partial charge is 0.343 e. The van der Waals surface area contributed by atoms with Crippen molar-refractivity contribution in [3.8, 4) is 0 Å². The number of esters is 1. The summed E-state index contributed by atoms with van der Waals surface area (Å²) < 4.78 is 4.91. The molecule has 1 heterocycles. The predicted octanol–water partition coefficient (Wildman–Crippen LogP) is 3.28. The molecule has 0 saturated carbocycles. The van der Waals surface area contributed by atoms with E-state index < -0.39 is 11.8 Å². The second kappa shape index (κ2) is 9.97. The molecule has 0 aliphatic carbocycles. The fourth-order valence-electron chi connectivity index (χ4n) is 1.80. The summed E-state index contributed by atoms with van der Waals surface area (Å²) in [5.74, 6) is -1.55. The largest absolute Gasteiger partial charge is 0.462 e. The van der Waals surface area contributed by atoms with Crippen LogP contribution in [0.15, 0.2) is 17.8 Å². The molecule has 0 amide bonds. The van der Waals surface area contributed by atoms with E-state index in [0.29, 0.717) is 0 Å². The number of rotatable bonds is 8. The van der Waals surface area contributed by atoms with Gasteiger partial charge in [0.25, 0.3) is 0 Å². The molecule has 0 aliphatic rings. The van der Waals surface area contributed by atoms with E-state index in [-0.39, 0.29) is 51.6 Å². The first-order chi connectivity index (χ1) is 11.7. The van der Waals surface area contributed by atoms with Gasteiger partial charge in [0.2, 0.25) is 5.78 Å². The zero-order valence-corrected chi connectivity index (χ0v) is 16.2. The molecule has 9 heteroatoms. The van der Waals surface area contributed by atoms with Crippen LogP contribution in [-0.4, -0.2) is 41.1 Å². The van der Waals surface area contributed by atoms with Crippen LogP contribution >= 0.6 is 34.8 Å². The van der Waals surface area contributed by atoms with Crippen molar-refractivity contribution in [3.05, 3.63) is 38.7 Å². The molecule has 1 atom stereocenters. The van der Waals surface area contributed by atoms with Crippen LogP contribution < -0.4 is 5.32 Å². The number of hydrogen-bond acceptors (Lipinski definition) is 6. The van der Waals surface area contributed by atoms with Crippen molar-refractivity contribution in [2.45, 2.75) is 26.8 Å². The number of halogens is 3. The van der Waals surface area contributed by atoms with Gasteiger partial charge in [-0.05, 0) is 18.9 Å². The highest BCUT2D eigenvalue weighted by atomic mass is 35.5. The fourth-order valence-corrected chi connectivity index (χ4v) is 2.39. The van der Waals surface area contributed by atoms with Crippen molar-refractivity contribution in [2.24, 2.45) is 5.92 Å². The van der Waals surface area contributed by atoms with Crippen molar-refractivity contribution in [1.29, 1.82) is 0 Å². The lowest BCUT2D eigenvalue weighted by Crippen LogP contribution is -2.34. The number of nitrogens with zero attached hydrogens (tertiary/aromatic N) is 1. The summed E-state index contributed by atoms with van der Waals surface area (Å²) in [5, 5.41) is 12.1.